The molecule has 3 nitrogen and oxygen atoms in total. The van der Waals surface area contributed by atoms with Crippen molar-refractivity contribution in [1.82, 2.24) is 4.57 Å². The van der Waals surface area contributed by atoms with Gasteiger partial charge in [-0.2, -0.15) is 0 Å². The third-order valence-corrected chi connectivity index (χ3v) is 5.32. The molecule has 4 aromatic rings. The highest BCUT2D eigenvalue weighted by molar-refractivity contribution is 5.82. The lowest BCUT2D eigenvalue weighted by atomic mass is 9.83. The molecule has 0 bridgehead atoms. The van der Waals surface area contributed by atoms with E-state index < -0.39 is 5.60 Å². The SMILES string of the molecule is CN(C)c1ccc(C(O)(c2ccccc2)c2cc3ccccc3n2C)cc1. The summed E-state index contributed by atoms with van der Waals surface area (Å²) in [5, 5.41) is 13.2. The summed E-state index contributed by atoms with van der Waals surface area (Å²) in [5.41, 5.74) is 3.53. The van der Waals surface area contributed by atoms with E-state index in [1.807, 2.05) is 87.9 Å². The number of para-hydroxylation sites is 1. The maximum atomic E-state index is 12.1. The van der Waals surface area contributed by atoms with Crippen molar-refractivity contribution < 1.29 is 5.11 Å². The lowest BCUT2D eigenvalue weighted by molar-refractivity contribution is 0.118. The molecule has 0 aliphatic carbocycles. The van der Waals surface area contributed by atoms with Crippen molar-refractivity contribution in [3.8, 4) is 0 Å². The first kappa shape index (κ1) is 17.4. The molecule has 0 saturated heterocycles. The molecule has 0 spiro atoms. The summed E-state index contributed by atoms with van der Waals surface area (Å²) in [4.78, 5) is 2.06. The highest BCUT2D eigenvalue weighted by Crippen LogP contribution is 2.39. The van der Waals surface area contributed by atoms with Crippen molar-refractivity contribution in [3.63, 3.8) is 0 Å². The van der Waals surface area contributed by atoms with Crippen molar-refractivity contribution in [1.29, 1.82) is 0 Å². The van der Waals surface area contributed by atoms with E-state index in [0.29, 0.717) is 0 Å². The molecule has 27 heavy (non-hydrogen) atoms. The smallest absolute Gasteiger partial charge is 0.155 e. The lowest BCUT2D eigenvalue weighted by Crippen LogP contribution is -2.31. The van der Waals surface area contributed by atoms with E-state index in [0.717, 1.165) is 33.4 Å². The Morgan fingerprint density at radius 2 is 1.37 bits per heavy atom. The second-order valence-corrected chi connectivity index (χ2v) is 7.17. The Bertz CT molecular complexity index is 1060. The molecule has 1 atom stereocenters. The van der Waals surface area contributed by atoms with Crippen LogP contribution in [-0.2, 0) is 12.6 Å². The average Bonchev–Trinajstić information content (AvgIpc) is 3.05. The molecule has 4 rings (SSSR count). The number of nitrogens with zero attached hydrogens (tertiary/aromatic N) is 2. The zero-order valence-electron chi connectivity index (χ0n) is 15.9. The molecule has 3 heteroatoms. The van der Waals surface area contributed by atoms with Crippen LogP contribution in [0.1, 0.15) is 16.8 Å². The second-order valence-electron chi connectivity index (χ2n) is 7.17. The topological polar surface area (TPSA) is 28.4 Å². The van der Waals surface area contributed by atoms with Gasteiger partial charge < -0.3 is 14.6 Å². The van der Waals surface area contributed by atoms with Gasteiger partial charge in [-0.05, 0) is 40.8 Å². The minimum absolute atomic E-state index is 0.852. The van der Waals surface area contributed by atoms with Crippen molar-refractivity contribution in [3.05, 3.63) is 102 Å². The summed E-state index contributed by atoms with van der Waals surface area (Å²) in [6, 6.07) is 28.3. The van der Waals surface area contributed by atoms with E-state index in [9.17, 15) is 5.11 Å². The quantitative estimate of drug-likeness (QED) is 0.582. The highest BCUT2D eigenvalue weighted by atomic mass is 16.3. The van der Waals surface area contributed by atoms with Crippen LogP contribution in [-0.4, -0.2) is 23.8 Å². The number of hydrogen-bond acceptors (Lipinski definition) is 2. The number of fused-ring (bicyclic) bond motifs is 1. The second kappa shape index (κ2) is 6.60. The first-order valence-electron chi connectivity index (χ1n) is 9.12. The third kappa shape index (κ3) is 2.81. The van der Waals surface area contributed by atoms with Gasteiger partial charge in [0, 0.05) is 32.3 Å². The van der Waals surface area contributed by atoms with E-state index in [-0.39, 0.29) is 0 Å². The molecule has 136 valence electrons. The fourth-order valence-corrected chi connectivity index (χ4v) is 3.78. The van der Waals surface area contributed by atoms with Gasteiger partial charge in [0.25, 0.3) is 0 Å². The van der Waals surface area contributed by atoms with Gasteiger partial charge in [0.1, 0.15) is 0 Å². The van der Waals surface area contributed by atoms with Crippen molar-refractivity contribution in [2.45, 2.75) is 5.60 Å². The number of rotatable bonds is 4. The number of aryl methyl sites for hydroxylation is 1. The highest BCUT2D eigenvalue weighted by Gasteiger charge is 2.36. The Morgan fingerprint density at radius 3 is 2.00 bits per heavy atom. The van der Waals surface area contributed by atoms with Gasteiger partial charge in [-0.25, -0.2) is 0 Å². The maximum Gasteiger partial charge on any atom is 0.155 e. The Hall–Kier alpha value is -3.04. The van der Waals surface area contributed by atoms with Crippen LogP contribution in [0.5, 0.6) is 0 Å². The molecule has 1 heterocycles. The van der Waals surface area contributed by atoms with Crippen LogP contribution in [0.25, 0.3) is 10.9 Å². The molecular formula is C24H24N2O. The molecule has 0 radical (unpaired) electrons. The lowest BCUT2D eigenvalue weighted by Gasteiger charge is -2.31. The summed E-state index contributed by atoms with van der Waals surface area (Å²) in [6.07, 6.45) is 0. The molecule has 3 aromatic carbocycles. The summed E-state index contributed by atoms with van der Waals surface area (Å²) < 4.78 is 2.09. The first-order valence-corrected chi connectivity index (χ1v) is 9.12. The van der Waals surface area contributed by atoms with Crippen LogP contribution in [0, 0.1) is 0 Å². The Labute approximate surface area is 160 Å². The minimum atomic E-state index is -1.24. The molecule has 0 aliphatic rings. The number of anilines is 1. The first-order chi connectivity index (χ1) is 13.0. The Morgan fingerprint density at radius 1 is 0.778 bits per heavy atom. The van der Waals surface area contributed by atoms with Crippen LogP contribution >= 0.6 is 0 Å². The zero-order chi connectivity index (χ0) is 19.0. The van der Waals surface area contributed by atoms with E-state index in [1.54, 1.807) is 0 Å². The normalized spacial score (nSPS) is 13.5. The molecule has 1 unspecified atom stereocenters. The minimum Gasteiger partial charge on any atom is -0.378 e. The van der Waals surface area contributed by atoms with Crippen LogP contribution < -0.4 is 4.90 Å². The number of hydrogen-bond donors (Lipinski definition) is 1. The molecule has 0 aliphatic heterocycles. The fourth-order valence-electron chi connectivity index (χ4n) is 3.78. The molecule has 0 amide bonds. The largest absolute Gasteiger partial charge is 0.378 e. The summed E-state index contributed by atoms with van der Waals surface area (Å²) >= 11 is 0. The molecule has 0 fully saturated rings. The average molecular weight is 356 g/mol. The molecule has 1 aromatic heterocycles. The summed E-state index contributed by atoms with van der Waals surface area (Å²) in [5.74, 6) is 0. The van der Waals surface area contributed by atoms with Gasteiger partial charge in [-0.15, -0.1) is 0 Å². The fraction of sp³-hybridized carbons (Fsp3) is 0.167. The monoisotopic (exact) mass is 356 g/mol. The van der Waals surface area contributed by atoms with Crippen molar-refractivity contribution in [2.75, 3.05) is 19.0 Å². The van der Waals surface area contributed by atoms with Crippen molar-refractivity contribution >= 4 is 16.6 Å². The predicted octanol–water partition coefficient (Wildman–Crippen LogP) is 4.53. The maximum absolute atomic E-state index is 12.1. The summed E-state index contributed by atoms with van der Waals surface area (Å²) in [6.45, 7) is 0. The summed E-state index contributed by atoms with van der Waals surface area (Å²) in [7, 11) is 6.05. The molecule has 0 saturated carbocycles. The van der Waals surface area contributed by atoms with Crippen LogP contribution in [0.15, 0.2) is 84.9 Å². The Balaban J connectivity index is 1.98. The van der Waals surface area contributed by atoms with Crippen molar-refractivity contribution in [2.24, 2.45) is 7.05 Å². The van der Waals surface area contributed by atoms with E-state index in [1.165, 1.54) is 0 Å². The zero-order valence-corrected chi connectivity index (χ0v) is 15.9. The van der Waals surface area contributed by atoms with Gasteiger partial charge in [0.15, 0.2) is 5.60 Å². The van der Waals surface area contributed by atoms with Gasteiger partial charge >= 0.3 is 0 Å². The number of aromatic nitrogens is 1. The van der Waals surface area contributed by atoms with E-state index in [4.69, 9.17) is 0 Å². The van der Waals surface area contributed by atoms with Gasteiger partial charge in [0.2, 0.25) is 0 Å². The third-order valence-electron chi connectivity index (χ3n) is 5.32. The predicted molar refractivity (Wildman–Crippen MR) is 112 cm³/mol. The van der Waals surface area contributed by atoms with Gasteiger partial charge in [0.05, 0.1) is 5.69 Å². The standard InChI is InChI=1S/C24H24N2O/c1-25(2)21-15-13-20(14-16-21)24(27,19-10-5-4-6-11-19)23-17-18-9-7-8-12-22(18)26(23)3/h4-17,27H,1-3H3. The Kier molecular flexibility index (Phi) is 4.25. The molecular weight excluding hydrogens is 332 g/mol. The van der Waals surface area contributed by atoms with E-state index in [2.05, 4.69) is 27.7 Å². The van der Waals surface area contributed by atoms with E-state index >= 15 is 0 Å². The molecule has 1 N–H and O–H groups in total. The van der Waals surface area contributed by atoms with Gasteiger partial charge in [-0.3, -0.25) is 0 Å². The van der Waals surface area contributed by atoms with Crippen LogP contribution in [0.3, 0.4) is 0 Å². The van der Waals surface area contributed by atoms with Crippen LogP contribution in [0.2, 0.25) is 0 Å². The number of benzene rings is 3. The number of aliphatic hydroxyl groups is 1. The van der Waals surface area contributed by atoms with Gasteiger partial charge in [-0.1, -0.05) is 60.7 Å². The van der Waals surface area contributed by atoms with Crippen LogP contribution in [0.4, 0.5) is 5.69 Å².